The number of anilines is 2. The van der Waals surface area contributed by atoms with E-state index in [-0.39, 0.29) is 23.3 Å². The predicted octanol–water partition coefficient (Wildman–Crippen LogP) is 5.49. The molecule has 0 fully saturated rings. The molecule has 0 unspecified atom stereocenters. The molecule has 3 amide bonds. The maximum atomic E-state index is 13.3. The fourth-order valence-corrected chi connectivity index (χ4v) is 4.03. The number of rotatable bonds is 8. The molecular weight excluding hydrogens is 466 g/mol. The molecule has 4 rings (SSSR count). The molecule has 0 aliphatic rings. The molecule has 4 aromatic rings. The van der Waals surface area contributed by atoms with Crippen molar-refractivity contribution in [3.8, 4) is 5.75 Å². The lowest BCUT2D eigenvalue weighted by Crippen LogP contribution is -2.47. The number of hydrogen-bond donors (Lipinski definition) is 3. The number of para-hydroxylation sites is 1. The zero-order chi connectivity index (χ0) is 26.4. The van der Waals surface area contributed by atoms with E-state index in [0.717, 1.165) is 10.8 Å². The van der Waals surface area contributed by atoms with Crippen molar-refractivity contribution in [3.05, 3.63) is 102 Å². The monoisotopic (exact) mass is 495 g/mol. The van der Waals surface area contributed by atoms with Crippen LogP contribution >= 0.6 is 0 Å². The van der Waals surface area contributed by atoms with Gasteiger partial charge in [-0.2, -0.15) is 0 Å². The molecule has 3 N–H and O–H groups in total. The summed E-state index contributed by atoms with van der Waals surface area (Å²) in [6, 6.07) is 26.0. The Morgan fingerprint density at radius 2 is 1.35 bits per heavy atom. The Hall–Kier alpha value is -4.65. The van der Waals surface area contributed by atoms with Crippen molar-refractivity contribution in [3.63, 3.8) is 0 Å². The van der Waals surface area contributed by atoms with Crippen LogP contribution < -0.4 is 20.7 Å². The molecule has 0 spiro atoms. The molecule has 0 aliphatic carbocycles. The van der Waals surface area contributed by atoms with E-state index < -0.39 is 11.9 Å². The van der Waals surface area contributed by atoms with Crippen molar-refractivity contribution in [2.75, 3.05) is 17.7 Å². The number of carbonyl (C=O) groups is 3. The van der Waals surface area contributed by atoms with Crippen molar-refractivity contribution >= 4 is 39.9 Å². The first kappa shape index (κ1) is 25.4. The molecule has 37 heavy (non-hydrogen) atoms. The highest BCUT2D eigenvalue weighted by Gasteiger charge is 2.26. The number of ether oxygens (including phenoxy) is 1. The number of methoxy groups -OCH3 is 1. The molecule has 188 valence electrons. The lowest BCUT2D eigenvalue weighted by Gasteiger charge is -2.23. The molecule has 7 nitrogen and oxygen atoms in total. The first-order valence-corrected chi connectivity index (χ1v) is 12.0. The van der Waals surface area contributed by atoms with E-state index in [1.807, 2.05) is 56.3 Å². The number of benzene rings is 4. The standard InChI is InChI=1S/C30H29N3O4/c1-19(2)27(30(36)32-25-14-8-10-20-9-4-5-11-23(20)25)33-29(35)24-12-6-7-13-26(24)31-28(34)21-15-17-22(37-3)18-16-21/h4-19,27H,1-3H3,(H,31,34)(H,32,36)(H,33,35)/t27-/m0/s1. The third-order valence-electron chi connectivity index (χ3n) is 6.06. The molecule has 1 atom stereocenters. The Labute approximate surface area is 215 Å². The fraction of sp³-hybridized carbons (Fsp3) is 0.167. The summed E-state index contributed by atoms with van der Waals surface area (Å²) >= 11 is 0. The highest BCUT2D eigenvalue weighted by Crippen LogP contribution is 2.24. The first-order chi connectivity index (χ1) is 17.9. The van der Waals surface area contributed by atoms with Crippen molar-refractivity contribution in [1.82, 2.24) is 5.32 Å². The molecule has 0 heterocycles. The maximum absolute atomic E-state index is 13.3. The van der Waals surface area contributed by atoms with E-state index >= 15 is 0 Å². The smallest absolute Gasteiger partial charge is 0.255 e. The highest BCUT2D eigenvalue weighted by molar-refractivity contribution is 6.10. The third-order valence-corrected chi connectivity index (χ3v) is 6.06. The van der Waals surface area contributed by atoms with Gasteiger partial charge in [-0.3, -0.25) is 14.4 Å². The normalized spacial score (nSPS) is 11.6. The average Bonchev–Trinajstić information content (AvgIpc) is 2.92. The summed E-state index contributed by atoms with van der Waals surface area (Å²) in [6.07, 6.45) is 0. The molecule has 7 heteroatoms. The summed E-state index contributed by atoms with van der Waals surface area (Å²) in [6.45, 7) is 3.73. The number of amides is 3. The van der Waals surface area contributed by atoms with Gasteiger partial charge in [0.25, 0.3) is 11.8 Å². The van der Waals surface area contributed by atoms with Crippen LogP contribution in [-0.4, -0.2) is 30.9 Å². The quantitative estimate of drug-likeness (QED) is 0.301. The summed E-state index contributed by atoms with van der Waals surface area (Å²) in [5.74, 6) is -0.688. The number of carbonyl (C=O) groups excluding carboxylic acids is 3. The molecule has 0 radical (unpaired) electrons. The molecule has 0 saturated carbocycles. The van der Waals surface area contributed by atoms with E-state index in [2.05, 4.69) is 16.0 Å². The van der Waals surface area contributed by atoms with Crippen LogP contribution in [0.25, 0.3) is 10.8 Å². The van der Waals surface area contributed by atoms with Gasteiger partial charge in [-0.25, -0.2) is 0 Å². The van der Waals surface area contributed by atoms with Crippen molar-refractivity contribution in [2.45, 2.75) is 19.9 Å². The van der Waals surface area contributed by atoms with Gasteiger partial charge in [0, 0.05) is 16.6 Å². The van der Waals surface area contributed by atoms with Crippen LogP contribution in [0.5, 0.6) is 5.75 Å². The second-order valence-corrected chi connectivity index (χ2v) is 8.94. The van der Waals surface area contributed by atoms with Gasteiger partial charge in [0.1, 0.15) is 11.8 Å². The molecular formula is C30H29N3O4. The minimum absolute atomic E-state index is 0.181. The maximum Gasteiger partial charge on any atom is 0.255 e. The number of fused-ring (bicyclic) bond motifs is 1. The van der Waals surface area contributed by atoms with Crippen LogP contribution in [0.1, 0.15) is 34.6 Å². The van der Waals surface area contributed by atoms with Crippen molar-refractivity contribution in [1.29, 1.82) is 0 Å². The van der Waals surface area contributed by atoms with Gasteiger partial charge in [0.15, 0.2) is 0 Å². The average molecular weight is 496 g/mol. The van der Waals surface area contributed by atoms with Crippen LogP contribution in [-0.2, 0) is 4.79 Å². The second kappa shape index (κ2) is 11.4. The van der Waals surface area contributed by atoms with Gasteiger partial charge in [-0.15, -0.1) is 0 Å². The van der Waals surface area contributed by atoms with Gasteiger partial charge in [0.05, 0.1) is 18.4 Å². The van der Waals surface area contributed by atoms with E-state index in [4.69, 9.17) is 4.74 Å². The van der Waals surface area contributed by atoms with Crippen LogP contribution in [0, 0.1) is 5.92 Å². The minimum atomic E-state index is -0.795. The predicted molar refractivity (Wildman–Crippen MR) is 146 cm³/mol. The largest absolute Gasteiger partial charge is 0.497 e. The van der Waals surface area contributed by atoms with Gasteiger partial charge in [0.2, 0.25) is 5.91 Å². The molecule has 0 aromatic heterocycles. The first-order valence-electron chi connectivity index (χ1n) is 12.0. The van der Waals surface area contributed by atoms with Crippen LogP contribution in [0.15, 0.2) is 91.0 Å². The Balaban J connectivity index is 1.51. The number of hydrogen-bond acceptors (Lipinski definition) is 4. The second-order valence-electron chi connectivity index (χ2n) is 8.94. The van der Waals surface area contributed by atoms with Crippen molar-refractivity contribution < 1.29 is 19.1 Å². The topological polar surface area (TPSA) is 96.5 Å². The summed E-state index contributed by atoms with van der Waals surface area (Å²) in [4.78, 5) is 39.3. The van der Waals surface area contributed by atoms with Gasteiger partial charge in [-0.1, -0.05) is 62.4 Å². The van der Waals surface area contributed by atoms with Crippen LogP contribution in [0.2, 0.25) is 0 Å². The molecule has 4 aromatic carbocycles. The number of nitrogens with one attached hydrogen (secondary N) is 3. The molecule has 0 aliphatic heterocycles. The Kier molecular flexibility index (Phi) is 7.83. The zero-order valence-corrected chi connectivity index (χ0v) is 20.9. The lowest BCUT2D eigenvalue weighted by atomic mass is 10.0. The van der Waals surface area contributed by atoms with Crippen molar-refractivity contribution in [2.24, 2.45) is 5.92 Å². The third kappa shape index (κ3) is 5.95. The SMILES string of the molecule is COc1ccc(C(=O)Nc2ccccc2C(=O)N[C@H](C(=O)Nc2cccc3ccccc23)C(C)C)cc1. The summed E-state index contributed by atoms with van der Waals surface area (Å²) in [7, 11) is 1.55. The van der Waals surface area contributed by atoms with Gasteiger partial charge >= 0.3 is 0 Å². The Morgan fingerprint density at radius 3 is 2.08 bits per heavy atom. The Morgan fingerprint density at radius 1 is 0.703 bits per heavy atom. The summed E-state index contributed by atoms with van der Waals surface area (Å²) in [5.41, 5.74) is 1.70. The van der Waals surface area contributed by atoms with E-state index in [9.17, 15) is 14.4 Å². The Bertz CT molecular complexity index is 1430. The summed E-state index contributed by atoms with van der Waals surface area (Å²) < 4.78 is 5.13. The molecule has 0 bridgehead atoms. The van der Waals surface area contributed by atoms with Gasteiger partial charge in [-0.05, 0) is 53.8 Å². The van der Waals surface area contributed by atoms with Gasteiger partial charge < -0.3 is 20.7 Å². The van der Waals surface area contributed by atoms with E-state index in [1.54, 1.807) is 55.6 Å². The van der Waals surface area contributed by atoms with Crippen LogP contribution in [0.3, 0.4) is 0 Å². The highest BCUT2D eigenvalue weighted by atomic mass is 16.5. The lowest BCUT2D eigenvalue weighted by molar-refractivity contribution is -0.118. The summed E-state index contributed by atoms with van der Waals surface area (Å²) in [5, 5.41) is 10.5. The van der Waals surface area contributed by atoms with E-state index in [0.29, 0.717) is 22.7 Å². The fourth-order valence-electron chi connectivity index (χ4n) is 4.03. The molecule has 0 saturated heterocycles. The minimum Gasteiger partial charge on any atom is -0.497 e. The van der Waals surface area contributed by atoms with Crippen LogP contribution in [0.4, 0.5) is 11.4 Å². The zero-order valence-electron chi connectivity index (χ0n) is 20.9. The van der Waals surface area contributed by atoms with E-state index in [1.165, 1.54) is 0 Å².